The van der Waals surface area contributed by atoms with E-state index in [1.165, 1.54) is 11.4 Å². The van der Waals surface area contributed by atoms with Crippen molar-refractivity contribution in [3.8, 4) is 0 Å². The third-order valence-corrected chi connectivity index (χ3v) is 3.24. The van der Waals surface area contributed by atoms with Crippen LogP contribution in [0.15, 0.2) is 11.2 Å². The Balaban J connectivity index is 2.59. The fourth-order valence-corrected chi connectivity index (χ4v) is 2.35. The maximum Gasteiger partial charge on any atom is 0.187 e. The van der Waals surface area contributed by atoms with Gasteiger partial charge in [-0.05, 0) is 46.0 Å². The molecular formula is C14H24N4OS. The third-order valence-electron chi connectivity index (χ3n) is 3.00. The van der Waals surface area contributed by atoms with Crippen molar-refractivity contribution >= 4 is 23.5 Å². The molecule has 1 rings (SSSR count). The second-order valence-electron chi connectivity index (χ2n) is 4.91. The second kappa shape index (κ2) is 8.01. The smallest absolute Gasteiger partial charge is 0.187 e. The van der Waals surface area contributed by atoms with Crippen LogP contribution in [0.25, 0.3) is 0 Å². The van der Waals surface area contributed by atoms with Crippen molar-refractivity contribution < 1.29 is 4.74 Å². The van der Waals surface area contributed by atoms with Gasteiger partial charge in [-0.1, -0.05) is 0 Å². The lowest BCUT2D eigenvalue weighted by molar-refractivity contribution is 0.204. The van der Waals surface area contributed by atoms with Gasteiger partial charge in [0.15, 0.2) is 5.11 Å². The molecule has 0 aliphatic carbocycles. The fourth-order valence-electron chi connectivity index (χ4n) is 2.19. The standard InChI is InChI=1S/C14H24N4OS/c1-10(2)18-11(3)8-13(12(18)4)9-16-17-14(20)15-6-7-19-5/h8-10H,6-7H2,1-5H3,(H2,15,17,20)/b16-9-. The minimum atomic E-state index is 0.446. The van der Waals surface area contributed by atoms with Gasteiger partial charge in [0.25, 0.3) is 0 Å². The number of nitrogens with one attached hydrogen (secondary N) is 2. The molecule has 0 unspecified atom stereocenters. The molecule has 112 valence electrons. The Morgan fingerprint density at radius 1 is 1.50 bits per heavy atom. The van der Waals surface area contributed by atoms with Crippen LogP contribution in [0.2, 0.25) is 0 Å². The number of nitrogens with zero attached hydrogens (tertiary/aromatic N) is 2. The van der Waals surface area contributed by atoms with Gasteiger partial charge in [-0.25, -0.2) is 0 Å². The number of ether oxygens (including phenoxy) is 1. The molecule has 0 aliphatic rings. The summed E-state index contributed by atoms with van der Waals surface area (Å²) in [7, 11) is 1.65. The number of methoxy groups -OCH3 is 1. The van der Waals surface area contributed by atoms with E-state index in [1.807, 2.05) is 0 Å². The van der Waals surface area contributed by atoms with E-state index in [9.17, 15) is 0 Å². The van der Waals surface area contributed by atoms with Crippen molar-refractivity contribution in [1.82, 2.24) is 15.3 Å². The van der Waals surface area contributed by atoms with Gasteiger partial charge < -0.3 is 14.6 Å². The molecule has 0 bridgehead atoms. The first-order valence-corrected chi connectivity index (χ1v) is 7.12. The molecule has 1 aromatic rings. The summed E-state index contributed by atoms with van der Waals surface area (Å²) in [6, 6.07) is 2.57. The first-order valence-electron chi connectivity index (χ1n) is 6.71. The molecule has 1 aromatic heterocycles. The van der Waals surface area contributed by atoms with E-state index in [4.69, 9.17) is 17.0 Å². The Hall–Kier alpha value is -1.40. The highest BCUT2D eigenvalue weighted by Gasteiger charge is 2.09. The Bertz CT molecular complexity index is 480. The van der Waals surface area contributed by atoms with E-state index in [1.54, 1.807) is 13.3 Å². The number of rotatable bonds is 6. The molecule has 0 aromatic carbocycles. The lowest BCUT2D eigenvalue weighted by atomic mass is 10.2. The summed E-state index contributed by atoms with van der Waals surface area (Å²) in [6.45, 7) is 9.83. The second-order valence-corrected chi connectivity index (χ2v) is 5.32. The van der Waals surface area contributed by atoms with E-state index >= 15 is 0 Å². The predicted octanol–water partition coefficient (Wildman–Crippen LogP) is 2.13. The molecule has 20 heavy (non-hydrogen) atoms. The topological polar surface area (TPSA) is 50.6 Å². The summed E-state index contributed by atoms with van der Waals surface area (Å²) in [5.41, 5.74) is 6.35. The highest BCUT2D eigenvalue weighted by atomic mass is 32.1. The van der Waals surface area contributed by atoms with Crippen LogP contribution in [0.1, 0.15) is 36.8 Å². The number of hydrogen-bond acceptors (Lipinski definition) is 3. The van der Waals surface area contributed by atoms with E-state index in [2.05, 4.69) is 54.2 Å². The van der Waals surface area contributed by atoms with E-state index in [0.717, 1.165) is 5.56 Å². The zero-order valence-corrected chi connectivity index (χ0v) is 13.7. The van der Waals surface area contributed by atoms with E-state index < -0.39 is 0 Å². The lowest BCUT2D eigenvalue weighted by Gasteiger charge is -2.13. The number of thiocarbonyl (C=S) groups is 1. The van der Waals surface area contributed by atoms with Gasteiger partial charge in [0.1, 0.15) is 0 Å². The van der Waals surface area contributed by atoms with Gasteiger partial charge in [0, 0.05) is 36.6 Å². The maximum atomic E-state index is 5.09. The van der Waals surface area contributed by atoms with Crippen molar-refractivity contribution in [2.75, 3.05) is 20.3 Å². The normalized spacial score (nSPS) is 11.3. The monoisotopic (exact) mass is 296 g/mol. The van der Waals surface area contributed by atoms with Crippen molar-refractivity contribution in [3.63, 3.8) is 0 Å². The van der Waals surface area contributed by atoms with Crippen LogP contribution >= 0.6 is 12.2 Å². The largest absolute Gasteiger partial charge is 0.383 e. The van der Waals surface area contributed by atoms with E-state index in [0.29, 0.717) is 24.3 Å². The van der Waals surface area contributed by atoms with Crippen LogP contribution in [0.3, 0.4) is 0 Å². The van der Waals surface area contributed by atoms with E-state index in [-0.39, 0.29) is 0 Å². The molecule has 0 radical (unpaired) electrons. The minimum absolute atomic E-state index is 0.446. The van der Waals surface area contributed by atoms with Crippen LogP contribution in [0, 0.1) is 13.8 Å². The summed E-state index contributed by atoms with van der Waals surface area (Å²) in [5, 5.41) is 7.65. The fraction of sp³-hybridized carbons (Fsp3) is 0.571. The van der Waals surface area contributed by atoms with Crippen molar-refractivity contribution in [3.05, 3.63) is 23.0 Å². The molecular weight excluding hydrogens is 272 g/mol. The van der Waals surface area contributed by atoms with Gasteiger partial charge >= 0.3 is 0 Å². The lowest BCUT2D eigenvalue weighted by Crippen LogP contribution is -2.34. The molecule has 1 heterocycles. The summed E-state index contributed by atoms with van der Waals surface area (Å²) in [4.78, 5) is 0. The number of hydrogen-bond donors (Lipinski definition) is 2. The van der Waals surface area contributed by atoms with Gasteiger partial charge in [-0.3, -0.25) is 5.43 Å². The SMILES string of the molecule is COCCNC(=S)N/N=C\c1cc(C)n(C(C)C)c1C. The summed E-state index contributed by atoms with van der Waals surface area (Å²) in [5.74, 6) is 0. The van der Waals surface area contributed by atoms with Crippen molar-refractivity contribution in [1.29, 1.82) is 0 Å². The summed E-state index contributed by atoms with van der Waals surface area (Å²) < 4.78 is 7.22. The van der Waals surface area contributed by atoms with Gasteiger partial charge in [-0.2, -0.15) is 5.10 Å². The highest BCUT2D eigenvalue weighted by molar-refractivity contribution is 7.80. The molecule has 0 aliphatic heterocycles. The Kier molecular flexibility index (Phi) is 6.67. The zero-order chi connectivity index (χ0) is 15.1. The molecule has 0 saturated heterocycles. The van der Waals surface area contributed by atoms with Crippen LogP contribution in [-0.4, -0.2) is 36.2 Å². The van der Waals surface area contributed by atoms with Crippen molar-refractivity contribution in [2.45, 2.75) is 33.7 Å². The Morgan fingerprint density at radius 3 is 2.75 bits per heavy atom. The quantitative estimate of drug-likeness (QED) is 0.365. The first kappa shape index (κ1) is 16.7. The van der Waals surface area contributed by atoms with Gasteiger partial charge in [0.05, 0.1) is 12.8 Å². The molecule has 0 amide bonds. The Labute approximate surface area is 126 Å². The van der Waals surface area contributed by atoms with Crippen LogP contribution in [0.5, 0.6) is 0 Å². The average Bonchev–Trinajstić information content (AvgIpc) is 2.65. The molecule has 0 atom stereocenters. The molecule has 5 nitrogen and oxygen atoms in total. The molecule has 0 spiro atoms. The van der Waals surface area contributed by atoms with Crippen LogP contribution in [-0.2, 0) is 4.74 Å². The van der Waals surface area contributed by atoms with Gasteiger partial charge in [0.2, 0.25) is 0 Å². The minimum Gasteiger partial charge on any atom is -0.383 e. The molecule has 6 heteroatoms. The molecule has 2 N–H and O–H groups in total. The van der Waals surface area contributed by atoms with Gasteiger partial charge in [-0.15, -0.1) is 0 Å². The first-order chi connectivity index (χ1) is 9.47. The number of hydrazone groups is 1. The van der Waals surface area contributed by atoms with Crippen LogP contribution < -0.4 is 10.7 Å². The zero-order valence-electron chi connectivity index (χ0n) is 12.9. The average molecular weight is 296 g/mol. The Morgan fingerprint density at radius 2 is 2.20 bits per heavy atom. The summed E-state index contributed by atoms with van der Waals surface area (Å²) in [6.07, 6.45) is 1.80. The predicted molar refractivity (Wildman–Crippen MR) is 87.5 cm³/mol. The number of aromatic nitrogens is 1. The third kappa shape index (κ3) is 4.61. The molecule has 0 saturated carbocycles. The van der Waals surface area contributed by atoms with Crippen molar-refractivity contribution in [2.24, 2.45) is 5.10 Å². The maximum absolute atomic E-state index is 5.09. The number of aryl methyl sites for hydroxylation is 1. The van der Waals surface area contributed by atoms with Crippen LogP contribution in [0.4, 0.5) is 0 Å². The summed E-state index contributed by atoms with van der Waals surface area (Å²) >= 11 is 5.09. The molecule has 0 fully saturated rings. The highest BCUT2D eigenvalue weighted by Crippen LogP contribution is 2.18.